The van der Waals surface area contributed by atoms with Crippen LogP contribution in [0.15, 0.2) is 24.3 Å². The Bertz CT molecular complexity index is 701. The molecule has 1 aromatic rings. The summed E-state index contributed by atoms with van der Waals surface area (Å²) in [6.45, 7) is 0.983. The second-order valence-corrected chi connectivity index (χ2v) is 7.06. The van der Waals surface area contributed by atoms with Gasteiger partial charge in [-0.25, -0.2) is 0 Å². The van der Waals surface area contributed by atoms with E-state index < -0.39 is 5.97 Å². The maximum absolute atomic E-state index is 12.8. The summed E-state index contributed by atoms with van der Waals surface area (Å²) >= 11 is 0. The lowest BCUT2D eigenvalue weighted by molar-refractivity contribution is -0.139. The first-order chi connectivity index (χ1) is 11.6. The van der Waals surface area contributed by atoms with Gasteiger partial charge in [0.1, 0.15) is 0 Å². The second-order valence-electron chi connectivity index (χ2n) is 7.06. The maximum atomic E-state index is 12.8. The fraction of sp³-hybridized carbons (Fsp3) is 0.500. The summed E-state index contributed by atoms with van der Waals surface area (Å²) in [7, 11) is 0. The van der Waals surface area contributed by atoms with E-state index in [0.29, 0.717) is 24.3 Å². The normalized spacial score (nSPS) is 28.0. The van der Waals surface area contributed by atoms with Gasteiger partial charge in [0.2, 0.25) is 5.91 Å². The van der Waals surface area contributed by atoms with Gasteiger partial charge in [0.05, 0.1) is 17.2 Å². The van der Waals surface area contributed by atoms with Crippen LogP contribution in [0.25, 0.3) is 0 Å². The summed E-state index contributed by atoms with van der Waals surface area (Å²) in [5, 5.41) is 12.0. The number of anilines is 1. The average Bonchev–Trinajstić information content (AvgIpc) is 3.01. The summed E-state index contributed by atoms with van der Waals surface area (Å²) in [5.41, 5.74) is 1.04. The predicted octanol–water partition coefficient (Wildman–Crippen LogP) is 1.83. The van der Waals surface area contributed by atoms with Crippen molar-refractivity contribution >= 4 is 23.5 Å². The minimum atomic E-state index is -0.759. The number of piperidine rings is 1. The third-order valence-electron chi connectivity index (χ3n) is 5.66. The van der Waals surface area contributed by atoms with Crippen molar-refractivity contribution in [3.63, 3.8) is 0 Å². The molecule has 4 rings (SSSR count). The fourth-order valence-corrected chi connectivity index (χ4v) is 3.91. The van der Waals surface area contributed by atoms with Crippen LogP contribution in [0.1, 0.15) is 29.6 Å². The number of nitrogens with zero attached hydrogens (tertiary/aromatic N) is 1. The highest BCUT2D eigenvalue weighted by molar-refractivity contribution is 6.04. The monoisotopic (exact) mass is 328 g/mol. The Morgan fingerprint density at radius 1 is 1.08 bits per heavy atom. The molecule has 2 N–H and O–H groups in total. The van der Waals surface area contributed by atoms with E-state index in [9.17, 15) is 14.4 Å². The Labute approximate surface area is 139 Å². The van der Waals surface area contributed by atoms with E-state index in [0.717, 1.165) is 19.3 Å². The average molecular weight is 328 g/mol. The van der Waals surface area contributed by atoms with Crippen molar-refractivity contribution in [3.05, 3.63) is 29.8 Å². The number of benzene rings is 1. The predicted molar refractivity (Wildman–Crippen MR) is 86.4 cm³/mol. The molecular formula is C18H20N2O4. The molecule has 1 aliphatic heterocycles. The lowest BCUT2D eigenvalue weighted by Gasteiger charge is -2.25. The molecule has 6 nitrogen and oxygen atoms in total. The highest BCUT2D eigenvalue weighted by Gasteiger charge is 2.60. The Kier molecular flexibility index (Phi) is 3.55. The molecule has 0 bridgehead atoms. The Morgan fingerprint density at radius 2 is 1.75 bits per heavy atom. The van der Waals surface area contributed by atoms with Crippen LogP contribution in [0.3, 0.4) is 0 Å². The van der Waals surface area contributed by atoms with Gasteiger partial charge in [-0.1, -0.05) is 18.6 Å². The van der Waals surface area contributed by atoms with Crippen LogP contribution in [0, 0.1) is 23.7 Å². The number of hydrogen-bond acceptors (Lipinski definition) is 3. The topological polar surface area (TPSA) is 86.7 Å². The van der Waals surface area contributed by atoms with Gasteiger partial charge in [-0.15, -0.1) is 0 Å². The number of fused-ring (bicyclic) bond motifs is 1. The maximum Gasteiger partial charge on any atom is 0.307 e. The molecule has 2 aliphatic carbocycles. The van der Waals surface area contributed by atoms with Gasteiger partial charge in [0.25, 0.3) is 5.91 Å². The van der Waals surface area contributed by atoms with Crippen molar-refractivity contribution in [1.29, 1.82) is 0 Å². The number of hydrogen-bond donors (Lipinski definition) is 2. The smallest absolute Gasteiger partial charge is 0.307 e. The SMILES string of the molecule is O=C(Nc1ccccc1C(=O)N1C[C@@H]2C(C(=O)O)[C@@H]2C1)C1CCC1. The summed E-state index contributed by atoms with van der Waals surface area (Å²) in [6.07, 6.45) is 2.90. The minimum absolute atomic E-state index is 0.0169. The third-order valence-corrected chi connectivity index (χ3v) is 5.66. The van der Waals surface area contributed by atoms with Gasteiger partial charge in [-0.2, -0.15) is 0 Å². The van der Waals surface area contributed by atoms with Gasteiger partial charge < -0.3 is 15.3 Å². The number of carboxylic acid groups (broad SMARTS) is 1. The number of likely N-dealkylation sites (tertiary alicyclic amines) is 1. The molecule has 3 atom stereocenters. The van der Waals surface area contributed by atoms with E-state index in [4.69, 9.17) is 5.11 Å². The molecule has 24 heavy (non-hydrogen) atoms. The van der Waals surface area contributed by atoms with Crippen LogP contribution in [0.2, 0.25) is 0 Å². The van der Waals surface area contributed by atoms with Gasteiger partial charge in [0.15, 0.2) is 0 Å². The Morgan fingerprint density at radius 3 is 2.33 bits per heavy atom. The number of aliphatic carboxylic acids is 1. The molecule has 0 radical (unpaired) electrons. The van der Waals surface area contributed by atoms with Crippen molar-refractivity contribution in [1.82, 2.24) is 4.90 Å². The number of rotatable bonds is 4. The van der Waals surface area contributed by atoms with E-state index in [2.05, 4.69) is 5.32 Å². The zero-order valence-electron chi connectivity index (χ0n) is 13.3. The zero-order valence-corrected chi connectivity index (χ0v) is 13.3. The standard InChI is InChI=1S/C18H20N2O4/c21-16(10-4-3-5-10)19-14-7-2-1-6-11(14)17(22)20-8-12-13(9-20)15(12)18(23)24/h1-2,6-7,10,12-13,15H,3-5,8-9H2,(H,19,21)(H,23,24)/t12-,13+,15?. The van der Waals surface area contributed by atoms with Crippen molar-refractivity contribution in [2.45, 2.75) is 19.3 Å². The summed E-state index contributed by atoms with van der Waals surface area (Å²) in [6, 6.07) is 7.05. The van der Waals surface area contributed by atoms with Crippen molar-refractivity contribution in [2.24, 2.45) is 23.7 Å². The number of carbonyl (C=O) groups excluding carboxylic acids is 2. The van der Waals surface area contributed by atoms with Gasteiger partial charge in [0, 0.05) is 19.0 Å². The summed E-state index contributed by atoms with van der Waals surface area (Å²) < 4.78 is 0. The molecule has 0 spiro atoms. The lowest BCUT2D eigenvalue weighted by atomic mass is 9.85. The Balaban J connectivity index is 1.45. The third kappa shape index (κ3) is 2.46. The molecule has 3 aliphatic rings. The molecule has 3 fully saturated rings. The zero-order chi connectivity index (χ0) is 16.8. The first kappa shape index (κ1) is 15.2. The molecule has 1 unspecified atom stereocenters. The number of amides is 2. The lowest BCUT2D eigenvalue weighted by Crippen LogP contribution is -2.34. The molecule has 0 aromatic heterocycles. The van der Waals surface area contributed by atoms with Gasteiger partial charge in [-0.3, -0.25) is 14.4 Å². The molecule has 1 aromatic carbocycles. The number of carbonyl (C=O) groups is 3. The highest BCUT2D eigenvalue weighted by Crippen LogP contribution is 2.52. The number of para-hydroxylation sites is 1. The largest absolute Gasteiger partial charge is 0.481 e. The minimum Gasteiger partial charge on any atom is -0.481 e. The molecule has 126 valence electrons. The van der Waals surface area contributed by atoms with Crippen molar-refractivity contribution in [3.8, 4) is 0 Å². The molecular weight excluding hydrogens is 308 g/mol. The van der Waals surface area contributed by atoms with E-state index in [1.165, 1.54) is 0 Å². The first-order valence-electron chi connectivity index (χ1n) is 8.48. The molecule has 1 saturated heterocycles. The van der Waals surface area contributed by atoms with E-state index >= 15 is 0 Å². The van der Waals surface area contributed by atoms with E-state index in [1.54, 1.807) is 29.2 Å². The highest BCUT2D eigenvalue weighted by atomic mass is 16.4. The number of nitrogens with one attached hydrogen (secondary N) is 1. The Hall–Kier alpha value is -2.37. The van der Waals surface area contributed by atoms with Gasteiger partial charge >= 0.3 is 5.97 Å². The molecule has 2 saturated carbocycles. The first-order valence-corrected chi connectivity index (χ1v) is 8.48. The molecule has 6 heteroatoms. The van der Waals surface area contributed by atoms with Crippen LogP contribution in [0.5, 0.6) is 0 Å². The quantitative estimate of drug-likeness (QED) is 0.883. The van der Waals surface area contributed by atoms with E-state index in [1.807, 2.05) is 0 Å². The summed E-state index contributed by atoms with van der Waals surface area (Å²) in [5.74, 6) is -0.962. The van der Waals surface area contributed by atoms with Gasteiger partial charge in [-0.05, 0) is 36.8 Å². The van der Waals surface area contributed by atoms with Crippen LogP contribution in [-0.4, -0.2) is 40.9 Å². The molecule has 1 heterocycles. The van der Waals surface area contributed by atoms with Crippen molar-refractivity contribution in [2.75, 3.05) is 18.4 Å². The van der Waals surface area contributed by atoms with Crippen LogP contribution >= 0.6 is 0 Å². The fourth-order valence-electron chi connectivity index (χ4n) is 3.91. The molecule has 2 amide bonds. The van der Waals surface area contributed by atoms with Crippen LogP contribution in [-0.2, 0) is 9.59 Å². The van der Waals surface area contributed by atoms with E-state index in [-0.39, 0.29) is 35.5 Å². The summed E-state index contributed by atoms with van der Waals surface area (Å²) in [4.78, 5) is 37.7. The second kappa shape index (κ2) is 5.61. The number of carboxylic acids is 1. The van der Waals surface area contributed by atoms with Crippen molar-refractivity contribution < 1.29 is 19.5 Å². The van der Waals surface area contributed by atoms with Crippen LogP contribution < -0.4 is 5.32 Å². The van der Waals surface area contributed by atoms with Crippen LogP contribution in [0.4, 0.5) is 5.69 Å².